The summed E-state index contributed by atoms with van der Waals surface area (Å²) in [6, 6.07) is 0. The fourth-order valence-electron chi connectivity index (χ4n) is 6.60. The van der Waals surface area contributed by atoms with Gasteiger partial charge in [-0.25, -0.2) is 0 Å². The SMILES string of the molecule is CC.CC.CC.CC.CC1=C(/C=C/C(C)=C/C=C/C(C)=C/C=C/C=C(C)/C=C/C=C(C)/C=C/C2=C(C)CC(OC(=O)CCC=O)CC2(C)C)C(C)(C)CC(O)C1.CCCC.CO.CO. The third kappa shape index (κ3) is 36.5. The van der Waals surface area contributed by atoms with Crippen molar-refractivity contribution in [1.82, 2.24) is 0 Å². The highest BCUT2D eigenvalue weighted by Gasteiger charge is 2.34. The normalized spacial score (nSPS) is 18.4. The van der Waals surface area contributed by atoms with Gasteiger partial charge in [0, 0.05) is 27.1 Å². The standard InChI is InChI=1S/C44H60O4.C4H10.4C2H6.2CH4O/c1-32(18-13-20-34(3)23-25-40-36(5)28-38(46)30-43(40,7)8)16-11-12-17-33(2)19-14-21-35(4)24-26-41-37(6)29-39(31-44(41,9)10)48-42(47)22-15-27-45;1-3-4-2;6*1-2/h11-14,16-21,23-27,38-39,46H,15,22,28-31H2,1-10H3;3-4H2,1-2H3;4*1-2H3;2*2H,1H3/b12-11+,18-13+,19-14+,25-23+,26-24+,32-16+,33-17+,34-20+,35-21+;;;;;;;. The second-order valence-corrected chi connectivity index (χ2v) is 15.9. The van der Waals surface area contributed by atoms with Crippen LogP contribution >= 0.6 is 0 Å². The summed E-state index contributed by atoms with van der Waals surface area (Å²) in [5.41, 5.74) is 9.70. The third-order valence-electron chi connectivity index (χ3n) is 9.49. The van der Waals surface area contributed by atoms with Crippen molar-refractivity contribution in [2.45, 2.75) is 202 Å². The van der Waals surface area contributed by atoms with Gasteiger partial charge in [0.15, 0.2) is 0 Å². The number of aliphatic hydroxyl groups excluding tert-OH is 3. The van der Waals surface area contributed by atoms with Crippen molar-refractivity contribution in [3.05, 3.63) is 130 Å². The summed E-state index contributed by atoms with van der Waals surface area (Å²) in [6.07, 6.45) is 36.1. The number of aliphatic hydroxyl groups is 3. The van der Waals surface area contributed by atoms with E-state index in [-0.39, 0.29) is 41.8 Å². The number of carbonyl (C=O) groups is 2. The molecule has 2 unspecified atom stereocenters. The number of esters is 1. The van der Waals surface area contributed by atoms with Gasteiger partial charge >= 0.3 is 5.97 Å². The van der Waals surface area contributed by atoms with Gasteiger partial charge in [-0.2, -0.15) is 0 Å². The monoisotopic (exact) mass is 895 g/mol. The molecule has 0 aliphatic heterocycles. The number of rotatable bonds is 15. The first kappa shape index (κ1) is 71.8. The van der Waals surface area contributed by atoms with Crippen LogP contribution in [0.4, 0.5) is 0 Å². The van der Waals surface area contributed by atoms with Crippen LogP contribution in [-0.4, -0.2) is 54.0 Å². The minimum atomic E-state index is -0.294. The molecule has 2 atom stereocenters. The first-order valence-corrected chi connectivity index (χ1v) is 24.1. The molecule has 64 heavy (non-hydrogen) atoms. The number of ether oxygens (including phenoxy) is 1. The van der Waals surface area contributed by atoms with Gasteiger partial charge in [0.1, 0.15) is 12.4 Å². The minimum Gasteiger partial charge on any atom is -0.462 e. The summed E-state index contributed by atoms with van der Waals surface area (Å²) in [5, 5.41) is 24.1. The minimum absolute atomic E-state index is 0.00698. The molecule has 2 aliphatic carbocycles. The number of aldehydes is 1. The predicted octanol–water partition coefficient (Wildman–Crippen LogP) is 16.2. The molecule has 0 radical (unpaired) electrons. The number of hydrogen-bond donors (Lipinski definition) is 3. The summed E-state index contributed by atoms with van der Waals surface area (Å²) in [6.45, 7) is 41.8. The second-order valence-electron chi connectivity index (χ2n) is 15.9. The van der Waals surface area contributed by atoms with E-state index in [1.165, 1.54) is 46.3 Å². The molecule has 0 amide bonds. The van der Waals surface area contributed by atoms with Crippen molar-refractivity contribution < 1.29 is 29.6 Å². The van der Waals surface area contributed by atoms with Crippen LogP contribution in [0.25, 0.3) is 0 Å². The fraction of sp³-hybridized carbons (Fsp3) is 0.586. The zero-order chi connectivity index (χ0) is 51.3. The van der Waals surface area contributed by atoms with Crippen LogP contribution in [0.5, 0.6) is 0 Å². The Morgan fingerprint density at radius 1 is 0.594 bits per heavy atom. The maximum atomic E-state index is 12.0. The van der Waals surface area contributed by atoms with Crippen molar-refractivity contribution in [3.8, 4) is 0 Å². The van der Waals surface area contributed by atoms with Gasteiger partial charge in [-0.1, -0.05) is 228 Å². The van der Waals surface area contributed by atoms with Gasteiger partial charge in [-0.15, -0.1) is 0 Å². The summed E-state index contributed by atoms with van der Waals surface area (Å²) in [7, 11) is 2.00. The van der Waals surface area contributed by atoms with Crippen molar-refractivity contribution in [2.75, 3.05) is 14.2 Å². The van der Waals surface area contributed by atoms with Crippen LogP contribution in [0.2, 0.25) is 0 Å². The summed E-state index contributed by atoms with van der Waals surface area (Å²) in [5.74, 6) is -0.294. The second kappa shape index (κ2) is 47.1. The van der Waals surface area contributed by atoms with Crippen LogP contribution in [0.15, 0.2) is 130 Å². The first-order chi connectivity index (χ1) is 30.4. The molecule has 0 fully saturated rings. The van der Waals surface area contributed by atoms with E-state index in [2.05, 4.69) is 168 Å². The molecule has 3 N–H and O–H groups in total. The Morgan fingerprint density at radius 3 is 1.28 bits per heavy atom. The topological polar surface area (TPSA) is 104 Å². The number of allylic oxidation sites excluding steroid dienone is 20. The van der Waals surface area contributed by atoms with E-state index in [1.807, 2.05) is 55.4 Å². The fourth-order valence-corrected chi connectivity index (χ4v) is 6.60. The van der Waals surface area contributed by atoms with Gasteiger partial charge in [-0.3, -0.25) is 4.79 Å². The van der Waals surface area contributed by atoms with Gasteiger partial charge in [0.25, 0.3) is 0 Å². The third-order valence-corrected chi connectivity index (χ3v) is 9.49. The molecule has 2 rings (SSSR count). The van der Waals surface area contributed by atoms with Crippen molar-refractivity contribution in [3.63, 3.8) is 0 Å². The zero-order valence-corrected chi connectivity index (χ0v) is 45.5. The van der Waals surface area contributed by atoms with E-state index in [0.717, 1.165) is 57.3 Å². The Hall–Kier alpha value is -3.84. The smallest absolute Gasteiger partial charge is 0.306 e. The molecule has 0 aromatic carbocycles. The highest BCUT2D eigenvalue weighted by atomic mass is 16.5. The highest BCUT2D eigenvalue weighted by molar-refractivity contribution is 5.72. The number of unbranched alkanes of at least 4 members (excludes halogenated alkanes) is 1. The maximum absolute atomic E-state index is 12.0. The lowest BCUT2D eigenvalue weighted by atomic mass is 9.71. The van der Waals surface area contributed by atoms with Crippen LogP contribution in [-0.2, 0) is 14.3 Å². The molecule has 0 bridgehead atoms. The molecular weight excluding hydrogens is 793 g/mol. The lowest BCUT2D eigenvalue weighted by molar-refractivity contribution is -0.151. The quantitative estimate of drug-likeness (QED) is 0.0859. The predicted molar refractivity (Wildman–Crippen MR) is 286 cm³/mol. The molecule has 0 spiro atoms. The average molecular weight is 895 g/mol. The van der Waals surface area contributed by atoms with Crippen molar-refractivity contribution in [1.29, 1.82) is 0 Å². The Kier molecular flexibility index (Phi) is 52.9. The highest BCUT2D eigenvalue weighted by Crippen LogP contribution is 2.43. The molecule has 370 valence electrons. The van der Waals surface area contributed by atoms with E-state index in [9.17, 15) is 14.7 Å². The molecular formula is C58H102O6. The molecule has 0 saturated heterocycles. The molecule has 6 nitrogen and oxygen atoms in total. The molecule has 0 aromatic heterocycles. The zero-order valence-electron chi connectivity index (χ0n) is 45.5. The van der Waals surface area contributed by atoms with Gasteiger partial charge in [0.2, 0.25) is 0 Å². The largest absolute Gasteiger partial charge is 0.462 e. The molecule has 0 aromatic rings. The Balaban J connectivity index is -0.000000465. The molecule has 0 heterocycles. The van der Waals surface area contributed by atoms with Gasteiger partial charge in [-0.05, 0) is 82.8 Å². The van der Waals surface area contributed by atoms with E-state index in [1.54, 1.807) is 0 Å². The Labute approximate surface area is 397 Å². The van der Waals surface area contributed by atoms with Gasteiger partial charge in [0.05, 0.1) is 12.5 Å². The van der Waals surface area contributed by atoms with Crippen molar-refractivity contribution >= 4 is 12.3 Å². The summed E-state index contributed by atoms with van der Waals surface area (Å²) in [4.78, 5) is 22.6. The molecule has 2 aliphatic rings. The summed E-state index contributed by atoms with van der Waals surface area (Å²) < 4.78 is 5.65. The van der Waals surface area contributed by atoms with E-state index in [0.29, 0.717) is 0 Å². The average Bonchev–Trinajstić information content (AvgIpc) is 3.27. The Bertz CT molecular complexity index is 1530. The van der Waals surface area contributed by atoms with Crippen LogP contribution in [0.1, 0.15) is 190 Å². The molecule has 6 heteroatoms. The van der Waals surface area contributed by atoms with Crippen molar-refractivity contribution in [2.24, 2.45) is 10.8 Å². The van der Waals surface area contributed by atoms with E-state index in [4.69, 9.17) is 14.9 Å². The van der Waals surface area contributed by atoms with Crippen LogP contribution in [0, 0.1) is 10.8 Å². The van der Waals surface area contributed by atoms with E-state index >= 15 is 0 Å². The maximum Gasteiger partial charge on any atom is 0.306 e. The Morgan fingerprint density at radius 2 is 0.938 bits per heavy atom. The first-order valence-electron chi connectivity index (χ1n) is 24.1. The number of hydrogen-bond acceptors (Lipinski definition) is 6. The summed E-state index contributed by atoms with van der Waals surface area (Å²) >= 11 is 0. The lowest BCUT2D eigenvalue weighted by Gasteiger charge is -2.37. The molecule has 0 saturated carbocycles. The van der Waals surface area contributed by atoms with E-state index < -0.39 is 0 Å². The lowest BCUT2D eigenvalue weighted by Crippen LogP contribution is -2.31. The van der Waals surface area contributed by atoms with Crippen LogP contribution < -0.4 is 0 Å². The number of carbonyl (C=O) groups excluding carboxylic acids is 2. The van der Waals surface area contributed by atoms with Gasteiger partial charge < -0.3 is 24.9 Å². The van der Waals surface area contributed by atoms with Crippen LogP contribution in [0.3, 0.4) is 0 Å².